The molecule has 2 nitrogen and oxygen atoms in total. The van der Waals surface area contributed by atoms with Gasteiger partial charge in [-0.2, -0.15) is 0 Å². The van der Waals surface area contributed by atoms with Crippen molar-refractivity contribution in [3.8, 4) is 0 Å². The van der Waals surface area contributed by atoms with Crippen LogP contribution in [0.3, 0.4) is 0 Å². The van der Waals surface area contributed by atoms with Crippen LogP contribution in [-0.4, -0.2) is 12.5 Å². The van der Waals surface area contributed by atoms with E-state index in [9.17, 15) is 4.79 Å². The summed E-state index contributed by atoms with van der Waals surface area (Å²) in [7, 11) is 0. The minimum atomic E-state index is 0.129. The highest BCUT2D eigenvalue weighted by molar-refractivity contribution is 5.79. The molecule has 0 aliphatic heterocycles. The van der Waals surface area contributed by atoms with E-state index in [0.29, 0.717) is 5.92 Å². The van der Waals surface area contributed by atoms with Crippen LogP contribution in [0.4, 0.5) is 0 Å². The van der Waals surface area contributed by atoms with Crippen LogP contribution in [0.2, 0.25) is 0 Å². The number of carbonyl (C=O) groups excluding carboxylic acids is 1. The molecule has 0 aromatic heterocycles. The molecular weight excluding hydrogens is 258 g/mol. The highest BCUT2D eigenvalue weighted by Crippen LogP contribution is 2.43. The van der Waals surface area contributed by atoms with E-state index >= 15 is 0 Å². The van der Waals surface area contributed by atoms with Crippen LogP contribution in [0.15, 0.2) is 24.3 Å². The maximum atomic E-state index is 12.6. The number of hydrogen-bond acceptors (Lipinski definition) is 1. The van der Waals surface area contributed by atoms with Gasteiger partial charge in [-0.1, -0.05) is 51.5 Å². The van der Waals surface area contributed by atoms with Crippen molar-refractivity contribution >= 4 is 5.91 Å². The lowest BCUT2D eigenvalue weighted by Crippen LogP contribution is -2.45. The van der Waals surface area contributed by atoms with Crippen LogP contribution in [0.5, 0.6) is 0 Å². The molecule has 1 N–H and O–H groups in total. The Morgan fingerprint density at radius 1 is 1.33 bits per heavy atom. The fraction of sp³-hybridized carbons (Fsp3) is 0.632. The Morgan fingerprint density at radius 3 is 2.71 bits per heavy atom. The van der Waals surface area contributed by atoms with Crippen molar-refractivity contribution in [1.29, 1.82) is 0 Å². The second-order valence-corrected chi connectivity index (χ2v) is 7.30. The van der Waals surface area contributed by atoms with E-state index in [2.05, 4.69) is 57.3 Å². The molecule has 116 valence electrons. The van der Waals surface area contributed by atoms with E-state index < -0.39 is 0 Å². The summed E-state index contributed by atoms with van der Waals surface area (Å²) in [5, 5.41) is 3.18. The molecular formula is C19H29NO. The Hall–Kier alpha value is -1.31. The van der Waals surface area contributed by atoms with Crippen molar-refractivity contribution in [2.75, 3.05) is 6.54 Å². The average molecular weight is 287 g/mol. The summed E-state index contributed by atoms with van der Waals surface area (Å²) in [6, 6.07) is 8.40. The van der Waals surface area contributed by atoms with Gasteiger partial charge in [-0.15, -0.1) is 0 Å². The number of carbonyl (C=O) groups is 1. The van der Waals surface area contributed by atoms with Crippen LogP contribution < -0.4 is 5.32 Å². The van der Waals surface area contributed by atoms with Crippen molar-refractivity contribution in [1.82, 2.24) is 5.32 Å². The van der Waals surface area contributed by atoms with Crippen molar-refractivity contribution < 1.29 is 4.79 Å². The van der Waals surface area contributed by atoms with Crippen LogP contribution >= 0.6 is 0 Å². The Labute approximate surface area is 129 Å². The summed E-state index contributed by atoms with van der Waals surface area (Å²) in [6.45, 7) is 9.58. The van der Waals surface area contributed by atoms with Crippen molar-refractivity contribution in [2.45, 2.75) is 53.4 Å². The molecule has 21 heavy (non-hydrogen) atoms. The van der Waals surface area contributed by atoms with Crippen molar-refractivity contribution in [3.63, 3.8) is 0 Å². The third-order valence-corrected chi connectivity index (χ3v) is 5.13. The van der Waals surface area contributed by atoms with E-state index in [0.717, 1.165) is 19.4 Å². The smallest absolute Gasteiger partial charge is 0.223 e. The van der Waals surface area contributed by atoms with Gasteiger partial charge in [0.25, 0.3) is 0 Å². The van der Waals surface area contributed by atoms with Crippen molar-refractivity contribution in [3.05, 3.63) is 35.4 Å². The minimum absolute atomic E-state index is 0.129. The lowest BCUT2D eigenvalue weighted by molar-refractivity contribution is -0.132. The summed E-state index contributed by atoms with van der Waals surface area (Å²) in [5.41, 5.74) is 2.76. The van der Waals surface area contributed by atoms with Gasteiger partial charge in [-0.25, -0.2) is 0 Å². The van der Waals surface area contributed by atoms with Gasteiger partial charge in [0, 0.05) is 12.5 Å². The van der Waals surface area contributed by atoms with E-state index in [1.54, 1.807) is 0 Å². The van der Waals surface area contributed by atoms with Crippen LogP contribution in [-0.2, 0) is 11.2 Å². The summed E-state index contributed by atoms with van der Waals surface area (Å²) in [6.07, 6.45) is 4.51. The summed E-state index contributed by atoms with van der Waals surface area (Å²) < 4.78 is 0. The zero-order chi connectivity index (χ0) is 15.5. The second kappa shape index (κ2) is 6.64. The van der Waals surface area contributed by atoms with E-state index in [1.165, 1.54) is 24.0 Å². The fourth-order valence-electron chi connectivity index (χ4n) is 3.91. The number of nitrogens with one attached hydrogen (secondary N) is 1. The minimum Gasteiger partial charge on any atom is -0.356 e. The van der Waals surface area contributed by atoms with Crippen LogP contribution in [0, 0.1) is 24.2 Å². The molecule has 2 rings (SSSR count). The van der Waals surface area contributed by atoms with Gasteiger partial charge >= 0.3 is 0 Å². The molecule has 0 heterocycles. The zero-order valence-electron chi connectivity index (χ0n) is 13.9. The summed E-state index contributed by atoms with van der Waals surface area (Å²) in [5.74, 6) is 0.899. The molecule has 1 aromatic rings. The van der Waals surface area contributed by atoms with Gasteiger partial charge in [0.1, 0.15) is 0 Å². The van der Waals surface area contributed by atoms with Gasteiger partial charge in [0.2, 0.25) is 5.91 Å². The normalized spacial score (nSPS) is 24.6. The molecule has 1 aromatic carbocycles. The van der Waals surface area contributed by atoms with E-state index in [1.807, 2.05) is 0 Å². The van der Waals surface area contributed by atoms with Gasteiger partial charge in [-0.05, 0) is 48.6 Å². The van der Waals surface area contributed by atoms with Gasteiger partial charge < -0.3 is 5.32 Å². The Balaban J connectivity index is 1.91. The molecule has 1 aliphatic rings. The standard InChI is InChI=1S/C19H29NO/c1-14-8-5-6-10-16(14)11-13-20-18(21)17-15(2)9-7-12-19(17,3)4/h5-6,8,10,15,17H,7,9,11-13H2,1-4H3,(H,20,21)/t15-,17?/m0/s1. The monoisotopic (exact) mass is 287 g/mol. The number of aryl methyl sites for hydroxylation is 1. The molecule has 0 saturated heterocycles. The molecule has 0 bridgehead atoms. The average Bonchev–Trinajstić information content (AvgIpc) is 2.39. The van der Waals surface area contributed by atoms with Gasteiger partial charge in [0.15, 0.2) is 0 Å². The Kier molecular flexibility index (Phi) is 5.08. The largest absolute Gasteiger partial charge is 0.356 e. The predicted octanol–water partition coefficient (Wildman–Crippen LogP) is 4.12. The topological polar surface area (TPSA) is 29.1 Å². The second-order valence-electron chi connectivity index (χ2n) is 7.30. The Morgan fingerprint density at radius 2 is 2.05 bits per heavy atom. The van der Waals surface area contributed by atoms with Gasteiger partial charge in [-0.3, -0.25) is 4.79 Å². The molecule has 1 saturated carbocycles. The highest BCUT2D eigenvalue weighted by Gasteiger charge is 2.41. The summed E-state index contributed by atoms with van der Waals surface area (Å²) in [4.78, 5) is 12.6. The first-order valence-corrected chi connectivity index (χ1v) is 8.24. The fourth-order valence-corrected chi connectivity index (χ4v) is 3.91. The van der Waals surface area contributed by atoms with E-state index in [4.69, 9.17) is 0 Å². The maximum Gasteiger partial charge on any atom is 0.223 e. The number of amides is 1. The lowest BCUT2D eigenvalue weighted by Gasteiger charge is -2.41. The quantitative estimate of drug-likeness (QED) is 0.887. The maximum absolute atomic E-state index is 12.6. The lowest BCUT2D eigenvalue weighted by atomic mass is 9.64. The predicted molar refractivity (Wildman–Crippen MR) is 88.2 cm³/mol. The van der Waals surface area contributed by atoms with Crippen LogP contribution in [0.1, 0.15) is 51.2 Å². The highest BCUT2D eigenvalue weighted by atomic mass is 16.1. The summed E-state index contributed by atoms with van der Waals surface area (Å²) >= 11 is 0. The third kappa shape index (κ3) is 3.87. The van der Waals surface area contributed by atoms with E-state index in [-0.39, 0.29) is 17.2 Å². The Bertz CT molecular complexity index is 492. The molecule has 2 atom stereocenters. The van der Waals surface area contributed by atoms with Crippen molar-refractivity contribution in [2.24, 2.45) is 17.3 Å². The molecule has 1 amide bonds. The number of hydrogen-bond donors (Lipinski definition) is 1. The van der Waals surface area contributed by atoms with Crippen LogP contribution in [0.25, 0.3) is 0 Å². The molecule has 1 fully saturated rings. The molecule has 0 spiro atoms. The molecule has 1 unspecified atom stereocenters. The SMILES string of the molecule is Cc1ccccc1CCNC(=O)C1[C@@H](C)CCCC1(C)C. The first kappa shape index (κ1) is 16.1. The molecule has 0 radical (unpaired) electrons. The zero-order valence-corrected chi connectivity index (χ0v) is 13.9. The van der Waals surface area contributed by atoms with Gasteiger partial charge in [0.05, 0.1) is 0 Å². The third-order valence-electron chi connectivity index (χ3n) is 5.13. The molecule has 2 heteroatoms. The molecule has 1 aliphatic carbocycles. The first-order chi connectivity index (χ1) is 9.92. The first-order valence-electron chi connectivity index (χ1n) is 8.24. The number of rotatable bonds is 4. The number of benzene rings is 1.